The Morgan fingerprint density at radius 2 is 2.20 bits per heavy atom. The average Bonchev–Trinajstić information content (AvgIpc) is 2.47. The number of carbonyl (C=O) groups is 1. The number of halogens is 1. The number of carbonyl (C=O) groups excluding carboxylic acids is 1. The standard InChI is InChI=1S/C15H17FN2O2/c1-2-20-15(19)11-5-7-18(8-6-11)14-9-13(16)4-3-12(14)10-17/h3-4,9,11H,2,5-8H2,1H3. The van der Waals surface area contributed by atoms with Gasteiger partial charge in [0.25, 0.3) is 0 Å². The van der Waals surface area contributed by atoms with Crippen molar-refractivity contribution in [2.45, 2.75) is 19.8 Å². The molecule has 0 spiro atoms. The smallest absolute Gasteiger partial charge is 0.309 e. The third-order valence-electron chi connectivity index (χ3n) is 3.54. The Balaban J connectivity index is 2.06. The Labute approximate surface area is 117 Å². The van der Waals surface area contributed by atoms with Gasteiger partial charge in [-0.15, -0.1) is 0 Å². The normalized spacial score (nSPS) is 15.8. The van der Waals surface area contributed by atoms with Gasteiger partial charge in [-0.05, 0) is 38.0 Å². The van der Waals surface area contributed by atoms with E-state index in [1.165, 1.54) is 18.2 Å². The minimum Gasteiger partial charge on any atom is -0.466 e. The van der Waals surface area contributed by atoms with Crippen molar-refractivity contribution in [2.24, 2.45) is 5.92 Å². The third kappa shape index (κ3) is 3.08. The highest BCUT2D eigenvalue weighted by Crippen LogP contribution is 2.27. The fourth-order valence-electron chi connectivity index (χ4n) is 2.48. The predicted octanol–water partition coefficient (Wildman–Crippen LogP) is 2.48. The van der Waals surface area contributed by atoms with Gasteiger partial charge < -0.3 is 9.64 Å². The maximum Gasteiger partial charge on any atom is 0.309 e. The van der Waals surface area contributed by atoms with E-state index in [4.69, 9.17) is 10.00 Å². The molecule has 0 amide bonds. The molecule has 5 heteroatoms. The highest BCUT2D eigenvalue weighted by Gasteiger charge is 2.27. The van der Waals surface area contributed by atoms with Gasteiger partial charge in [0.15, 0.2) is 0 Å². The van der Waals surface area contributed by atoms with E-state index < -0.39 is 0 Å². The zero-order valence-corrected chi connectivity index (χ0v) is 11.4. The van der Waals surface area contributed by atoms with Crippen LogP contribution in [0.5, 0.6) is 0 Å². The second-order valence-corrected chi connectivity index (χ2v) is 4.79. The molecule has 0 radical (unpaired) electrons. The van der Waals surface area contributed by atoms with Crippen LogP contribution in [0.15, 0.2) is 18.2 Å². The fourth-order valence-corrected chi connectivity index (χ4v) is 2.48. The number of nitrogens with zero attached hydrogens (tertiary/aromatic N) is 2. The van der Waals surface area contributed by atoms with Gasteiger partial charge in [0.1, 0.15) is 11.9 Å². The molecule has 2 rings (SSSR count). The molecule has 1 heterocycles. The first-order valence-corrected chi connectivity index (χ1v) is 6.77. The lowest BCUT2D eigenvalue weighted by Crippen LogP contribution is -2.37. The molecule has 1 aliphatic heterocycles. The Kier molecular flexibility index (Phi) is 4.57. The van der Waals surface area contributed by atoms with Gasteiger partial charge in [-0.1, -0.05) is 0 Å². The molecule has 106 valence electrons. The summed E-state index contributed by atoms with van der Waals surface area (Å²) >= 11 is 0. The highest BCUT2D eigenvalue weighted by molar-refractivity contribution is 5.73. The van der Waals surface area contributed by atoms with Gasteiger partial charge in [0.05, 0.1) is 23.8 Å². The minimum absolute atomic E-state index is 0.0923. The summed E-state index contributed by atoms with van der Waals surface area (Å²) in [6.07, 6.45) is 1.33. The number of benzene rings is 1. The fraction of sp³-hybridized carbons (Fsp3) is 0.467. The van der Waals surface area contributed by atoms with Gasteiger partial charge in [0.2, 0.25) is 0 Å². The number of hydrogen-bond acceptors (Lipinski definition) is 4. The molecule has 1 fully saturated rings. The second kappa shape index (κ2) is 6.38. The van der Waals surface area contributed by atoms with Crippen molar-refractivity contribution < 1.29 is 13.9 Å². The van der Waals surface area contributed by atoms with Crippen LogP contribution in [0.25, 0.3) is 0 Å². The van der Waals surface area contributed by atoms with Crippen molar-refractivity contribution in [1.29, 1.82) is 5.26 Å². The van der Waals surface area contributed by atoms with Crippen LogP contribution in [0.1, 0.15) is 25.3 Å². The predicted molar refractivity (Wildman–Crippen MR) is 72.7 cm³/mol. The van der Waals surface area contributed by atoms with Crippen molar-refractivity contribution in [1.82, 2.24) is 0 Å². The zero-order chi connectivity index (χ0) is 14.5. The van der Waals surface area contributed by atoms with Crippen LogP contribution in [0, 0.1) is 23.1 Å². The molecule has 0 atom stereocenters. The van der Waals surface area contributed by atoms with E-state index in [-0.39, 0.29) is 17.7 Å². The lowest BCUT2D eigenvalue weighted by atomic mass is 9.96. The van der Waals surface area contributed by atoms with Crippen molar-refractivity contribution in [2.75, 3.05) is 24.6 Å². The van der Waals surface area contributed by atoms with Crippen LogP contribution >= 0.6 is 0 Å². The molecule has 20 heavy (non-hydrogen) atoms. The topological polar surface area (TPSA) is 53.3 Å². The van der Waals surface area contributed by atoms with Gasteiger partial charge >= 0.3 is 5.97 Å². The monoisotopic (exact) mass is 276 g/mol. The van der Waals surface area contributed by atoms with Gasteiger partial charge in [-0.2, -0.15) is 5.26 Å². The van der Waals surface area contributed by atoms with Crippen LogP contribution in [0.3, 0.4) is 0 Å². The summed E-state index contributed by atoms with van der Waals surface area (Å²) in [6, 6.07) is 6.23. The first-order chi connectivity index (χ1) is 9.65. The average molecular weight is 276 g/mol. The first-order valence-electron chi connectivity index (χ1n) is 6.77. The maximum atomic E-state index is 13.3. The Bertz CT molecular complexity index is 531. The molecular weight excluding hydrogens is 259 g/mol. The molecular formula is C15H17FN2O2. The summed E-state index contributed by atoms with van der Waals surface area (Å²) in [5.74, 6) is -0.608. The highest BCUT2D eigenvalue weighted by atomic mass is 19.1. The number of ether oxygens (including phenoxy) is 1. The van der Waals surface area contributed by atoms with Crippen LogP contribution in [0.4, 0.5) is 10.1 Å². The molecule has 0 aliphatic carbocycles. The summed E-state index contributed by atoms with van der Waals surface area (Å²) in [7, 11) is 0. The largest absolute Gasteiger partial charge is 0.466 e. The number of piperidine rings is 1. The quantitative estimate of drug-likeness (QED) is 0.796. The lowest BCUT2D eigenvalue weighted by molar-refractivity contribution is -0.148. The molecule has 1 saturated heterocycles. The van der Waals surface area contributed by atoms with E-state index in [9.17, 15) is 9.18 Å². The van der Waals surface area contributed by atoms with E-state index in [2.05, 4.69) is 6.07 Å². The van der Waals surface area contributed by atoms with Crippen molar-refractivity contribution in [3.05, 3.63) is 29.6 Å². The van der Waals surface area contributed by atoms with Gasteiger partial charge in [0, 0.05) is 13.1 Å². The van der Waals surface area contributed by atoms with Gasteiger partial charge in [-0.3, -0.25) is 4.79 Å². The molecule has 1 aromatic carbocycles. The summed E-state index contributed by atoms with van der Waals surface area (Å²) in [5.41, 5.74) is 1.07. The summed E-state index contributed by atoms with van der Waals surface area (Å²) < 4.78 is 18.4. The second-order valence-electron chi connectivity index (χ2n) is 4.79. The van der Waals surface area contributed by atoms with Crippen LogP contribution in [-0.4, -0.2) is 25.7 Å². The summed E-state index contributed by atoms with van der Waals surface area (Å²) in [6.45, 7) is 3.43. The number of hydrogen-bond donors (Lipinski definition) is 0. The van der Waals surface area contributed by atoms with Crippen molar-refractivity contribution in [3.63, 3.8) is 0 Å². The molecule has 0 N–H and O–H groups in total. The molecule has 0 saturated carbocycles. The third-order valence-corrected chi connectivity index (χ3v) is 3.54. The number of esters is 1. The molecule has 0 aromatic heterocycles. The van der Waals surface area contributed by atoms with E-state index in [0.717, 1.165) is 0 Å². The molecule has 0 unspecified atom stereocenters. The van der Waals surface area contributed by atoms with E-state index >= 15 is 0 Å². The summed E-state index contributed by atoms with van der Waals surface area (Å²) in [4.78, 5) is 13.6. The number of anilines is 1. The van der Waals surface area contributed by atoms with Crippen molar-refractivity contribution in [3.8, 4) is 6.07 Å². The first kappa shape index (κ1) is 14.3. The van der Waals surface area contributed by atoms with Crippen LogP contribution < -0.4 is 4.90 Å². The Hall–Kier alpha value is -2.09. The lowest BCUT2D eigenvalue weighted by Gasteiger charge is -2.33. The molecule has 1 aliphatic rings. The van der Waals surface area contributed by atoms with E-state index in [0.29, 0.717) is 43.8 Å². The number of nitriles is 1. The molecule has 1 aromatic rings. The minimum atomic E-state index is -0.355. The van der Waals surface area contributed by atoms with E-state index in [1.54, 1.807) is 6.92 Å². The maximum absolute atomic E-state index is 13.3. The molecule has 0 bridgehead atoms. The SMILES string of the molecule is CCOC(=O)C1CCN(c2cc(F)ccc2C#N)CC1. The van der Waals surface area contributed by atoms with E-state index in [1.807, 2.05) is 4.90 Å². The van der Waals surface area contributed by atoms with Crippen molar-refractivity contribution >= 4 is 11.7 Å². The Morgan fingerprint density at radius 3 is 2.80 bits per heavy atom. The zero-order valence-electron chi connectivity index (χ0n) is 11.4. The summed E-state index contributed by atoms with van der Waals surface area (Å²) in [5, 5.41) is 9.08. The van der Waals surface area contributed by atoms with Crippen LogP contribution in [0.2, 0.25) is 0 Å². The number of rotatable bonds is 3. The van der Waals surface area contributed by atoms with Crippen LogP contribution in [-0.2, 0) is 9.53 Å². The molecule has 4 nitrogen and oxygen atoms in total. The van der Waals surface area contributed by atoms with Gasteiger partial charge in [-0.25, -0.2) is 4.39 Å². The Morgan fingerprint density at radius 1 is 1.50 bits per heavy atom.